The molecule has 0 amide bonds. The van der Waals surface area contributed by atoms with Gasteiger partial charge in [-0.25, -0.2) is 19.6 Å². The highest BCUT2D eigenvalue weighted by Gasteiger charge is 2.54. The van der Waals surface area contributed by atoms with Gasteiger partial charge in [-0.3, -0.25) is 9.59 Å². The summed E-state index contributed by atoms with van der Waals surface area (Å²) in [6.45, 7) is -0.571. The lowest BCUT2D eigenvalue weighted by molar-refractivity contribution is -0.150. The van der Waals surface area contributed by atoms with Crippen molar-refractivity contribution in [1.29, 1.82) is 0 Å². The number of hydrogen-bond acceptors (Lipinski definition) is 14. The second kappa shape index (κ2) is 15.4. The molecule has 2 unspecified atom stereocenters. The maximum Gasteiger partial charge on any atom is 0.399 e. The summed E-state index contributed by atoms with van der Waals surface area (Å²) in [6.07, 6.45) is 7.57. The Labute approximate surface area is 356 Å². The van der Waals surface area contributed by atoms with E-state index >= 15 is 0 Å². The predicted molar refractivity (Wildman–Crippen MR) is 224 cm³/mol. The topological polar surface area (TPSA) is 205 Å². The van der Waals surface area contributed by atoms with Gasteiger partial charge in [0.15, 0.2) is 0 Å². The van der Waals surface area contributed by atoms with Gasteiger partial charge in [0, 0.05) is 36.4 Å². The molecule has 8 bridgehead atoms. The number of nitrogens with one attached hydrogen (secondary N) is 4. The molecule has 16 nitrogen and oxygen atoms in total. The first-order valence-corrected chi connectivity index (χ1v) is 19.7. The van der Waals surface area contributed by atoms with Gasteiger partial charge < -0.3 is 38.6 Å². The summed E-state index contributed by atoms with van der Waals surface area (Å²) >= 11 is 7.58. The fourth-order valence-corrected chi connectivity index (χ4v) is 8.04. The number of aromatic nitrogens is 4. The molecule has 2 fully saturated rings. The Morgan fingerprint density at radius 2 is 0.967 bits per heavy atom. The van der Waals surface area contributed by atoms with Crippen molar-refractivity contribution < 1.29 is 47.8 Å². The molecule has 4 aliphatic rings. The number of Topliss-reactive ketones (excluding diaryl/α,β-unsaturated/α-hetero) is 2. The Morgan fingerprint density at radius 1 is 0.567 bits per heavy atom. The van der Waals surface area contributed by atoms with Crippen molar-refractivity contribution in [2.75, 3.05) is 27.4 Å². The molecule has 2 aromatic carbocycles. The van der Waals surface area contributed by atoms with Crippen molar-refractivity contribution in [3.05, 3.63) is 105 Å². The molecule has 4 aliphatic heterocycles. The van der Waals surface area contributed by atoms with Gasteiger partial charge in [-0.1, -0.05) is 35.2 Å². The Bertz CT molecular complexity index is 2710. The number of hydroxylamine groups is 2. The van der Waals surface area contributed by atoms with Crippen LogP contribution in [0.5, 0.6) is 11.5 Å². The number of carbonyl (C=O) groups excluding carboxylic acids is 4. The van der Waals surface area contributed by atoms with Gasteiger partial charge in [-0.2, -0.15) is 0 Å². The Balaban J connectivity index is 1.21. The largest absolute Gasteiger partial charge is 0.459 e. The summed E-state index contributed by atoms with van der Waals surface area (Å²) in [4.78, 5) is 76.5. The van der Waals surface area contributed by atoms with Crippen LogP contribution >= 0.6 is 31.9 Å². The highest BCUT2D eigenvalue weighted by molar-refractivity contribution is 9.11. The first-order valence-electron chi connectivity index (χ1n) is 18.1. The number of benzene rings is 2. The summed E-state index contributed by atoms with van der Waals surface area (Å²) in [6, 6.07) is 21.8. The van der Waals surface area contributed by atoms with Crippen LogP contribution in [-0.4, -0.2) is 82.3 Å². The van der Waals surface area contributed by atoms with Crippen molar-refractivity contribution in [1.82, 2.24) is 30.9 Å². The van der Waals surface area contributed by atoms with Crippen molar-refractivity contribution in [3.8, 4) is 33.8 Å². The molecule has 0 radical (unpaired) electrons. The quantitative estimate of drug-likeness (QED) is 0.113. The second-order valence-corrected chi connectivity index (χ2v) is 15.4. The molecule has 0 spiro atoms. The summed E-state index contributed by atoms with van der Waals surface area (Å²) in [5, 5.41) is 0. The van der Waals surface area contributed by atoms with Crippen LogP contribution in [-0.2, 0) is 38.3 Å². The van der Waals surface area contributed by atoms with Crippen molar-refractivity contribution in [2.24, 2.45) is 0 Å². The van der Waals surface area contributed by atoms with Gasteiger partial charge in [0.2, 0.25) is 0 Å². The summed E-state index contributed by atoms with van der Waals surface area (Å²) in [5.74, 6) is -3.48. The number of hydrogen-bond donors (Lipinski definition) is 4. The summed E-state index contributed by atoms with van der Waals surface area (Å²) < 4.78 is 24.0. The van der Waals surface area contributed by atoms with Gasteiger partial charge in [0.1, 0.15) is 24.7 Å². The number of rotatable bonds is 10. The maximum atomic E-state index is 12.8. The lowest BCUT2D eigenvalue weighted by atomic mass is 10.0. The van der Waals surface area contributed by atoms with Gasteiger partial charge in [0.25, 0.3) is 11.4 Å². The summed E-state index contributed by atoms with van der Waals surface area (Å²) in [5.41, 5.74) is 9.20. The van der Waals surface area contributed by atoms with E-state index in [-0.39, 0.29) is 24.7 Å². The maximum absolute atomic E-state index is 12.8. The smallest absolute Gasteiger partial charge is 0.399 e. The minimum absolute atomic E-state index is 0.265. The first kappa shape index (κ1) is 39.2. The summed E-state index contributed by atoms with van der Waals surface area (Å²) in [7, 11) is 2.76. The van der Waals surface area contributed by atoms with Crippen LogP contribution in [0.4, 0.5) is 0 Å². The van der Waals surface area contributed by atoms with Gasteiger partial charge in [0.05, 0.1) is 42.8 Å². The van der Waals surface area contributed by atoms with Gasteiger partial charge in [-0.15, -0.1) is 0 Å². The van der Waals surface area contributed by atoms with E-state index in [1.54, 1.807) is 36.4 Å². The number of ether oxygens (including phenoxy) is 4. The number of halogens is 2. The fourth-order valence-electron chi connectivity index (χ4n) is 7.14. The van der Waals surface area contributed by atoms with E-state index < -0.39 is 35.0 Å². The normalized spacial score (nSPS) is 19.5. The van der Waals surface area contributed by atoms with Crippen LogP contribution in [0.25, 0.3) is 68.6 Å². The zero-order chi connectivity index (χ0) is 41.8. The third-order valence-electron chi connectivity index (χ3n) is 9.87. The Kier molecular flexibility index (Phi) is 10.1. The molecule has 5 aromatic rings. The lowest BCUT2D eigenvalue weighted by Gasteiger charge is -2.25. The van der Waals surface area contributed by atoms with E-state index in [9.17, 15) is 19.2 Å². The lowest BCUT2D eigenvalue weighted by Crippen LogP contribution is -2.54. The highest BCUT2D eigenvalue weighted by atomic mass is 79.9. The van der Waals surface area contributed by atoms with Crippen molar-refractivity contribution in [2.45, 2.75) is 11.4 Å². The SMILES string of the molecule is COCC1(Oc2cccc(-c3c4nc(c(Br)c5ccc([nH]5)c(-c5cccc(OC6(COC)NOC(=O)C6=O)c5)c5nc(c(Br)c6ccc3[nH]6)C=C5)C=C4)c2)NOC(=O)C1=O. The number of ketones is 2. The van der Waals surface area contributed by atoms with E-state index in [0.29, 0.717) is 65.0 Å². The monoisotopic (exact) mass is 936 g/mol. The molecule has 9 rings (SSSR count). The van der Waals surface area contributed by atoms with Crippen molar-refractivity contribution in [3.63, 3.8) is 0 Å². The number of nitrogens with zero attached hydrogens (tertiary/aromatic N) is 2. The molecule has 0 saturated carbocycles. The number of methoxy groups -OCH3 is 2. The molecule has 60 heavy (non-hydrogen) atoms. The van der Waals surface area contributed by atoms with Crippen molar-refractivity contribution >= 4 is 102 Å². The highest BCUT2D eigenvalue weighted by Crippen LogP contribution is 2.38. The van der Waals surface area contributed by atoms with E-state index in [2.05, 4.69) is 52.8 Å². The zero-order valence-corrected chi connectivity index (χ0v) is 34.6. The first-order chi connectivity index (χ1) is 29.0. The van der Waals surface area contributed by atoms with Gasteiger partial charge >= 0.3 is 23.5 Å². The molecule has 2 atom stereocenters. The molecular formula is C42H30Br2N6O10. The standard InChI is InChI=1S/C42H30Br2N6O10/c1-55-19-41(37(51)39(53)59-49-41)57-23-7-3-5-21(17-23)33-25-9-13-29(45-25)35(43)31-15-11-27(47-31)34(28-12-16-32(48-28)36(44)30-14-10-26(33)46-30)22-6-4-8-24(18-22)58-42(20-56-2)38(52)40(54)60-50-42/h3-18,45,48-50H,19-20H2,1-2H3. The average molecular weight is 939 g/mol. The van der Waals surface area contributed by atoms with Crippen LogP contribution in [0, 0.1) is 0 Å². The number of fused-ring (bicyclic) bond motifs is 8. The third kappa shape index (κ3) is 6.82. The Hall–Kier alpha value is -6.28. The minimum atomic E-state index is -1.87. The van der Waals surface area contributed by atoms with E-state index in [0.717, 1.165) is 11.0 Å². The van der Waals surface area contributed by atoms with E-state index in [1.807, 2.05) is 60.7 Å². The van der Waals surface area contributed by atoms with Crippen LogP contribution in [0.1, 0.15) is 22.8 Å². The second-order valence-electron chi connectivity index (χ2n) is 13.8. The van der Waals surface area contributed by atoms with Crippen LogP contribution in [0.2, 0.25) is 0 Å². The van der Waals surface area contributed by atoms with Crippen LogP contribution in [0.3, 0.4) is 0 Å². The molecule has 0 aliphatic carbocycles. The molecule has 2 saturated heterocycles. The number of aromatic amines is 2. The Morgan fingerprint density at radius 3 is 1.35 bits per heavy atom. The molecule has 3 aromatic heterocycles. The fraction of sp³-hybridized carbons (Fsp3) is 0.143. The number of H-pyrrole nitrogens is 2. The minimum Gasteiger partial charge on any atom is -0.459 e. The number of carbonyl (C=O) groups is 4. The third-order valence-corrected chi connectivity index (χ3v) is 11.5. The van der Waals surface area contributed by atoms with Crippen LogP contribution in [0.15, 0.2) is 81.7 Å². The van der Waals surface area contributed by atoms with Gasteiger partial charge in [-0.05, 0) is 116 Å². The molecule has 4 N–H and O–H groups in total. The molecule has 7 heterocycles. The molecule has 302 valence electrons. The van der Waals surface area contributed by atoms with Crippen LogP contribution < -0.4 is 20.4 Å². The van der Waals surface area contributed by atoms with E-state index in [4.69, 9.17) is 38.6 Å². The average Bonchev–Trinajstić information content (AvgIpc) is 4.12. The molecule has 18 heteroatoms. The zero-order valence-electron chi connectivity index (χ0n) is 31.4. The molecular weight excluding hydrogens is 908 g/mol. The van der Waals surface area contributed by atoms with E-state index in [1.165, 1.54) is 14.2 Å². The predicted octanol–water partition coefficient (Wildman–Crippen LogP) is 6.22.